The number of hydrogen-bond donors (Lipinski definition) is 0. The van der Waals surface area contributed by atoms with Crippen LogP contribution in [-0.2, 0) is 9.53 Å². The molecule has 4 aromatic rings. The van der Waals surface area contributed by atoms with E-state index in [9.17, 15) is 4.79 Å². The number of carbonyl (C=O) groups is 1. The van der Waals surface area contributed by atoms with Crippen LogP contribution in [0.4, 0.5) is 5.69 Å². The number of benzene rings is 2. The van der Waals surface area contributed by atoms with Crippen molar-refractivity contribution in [2.24, 2.45) is 0 Å². The second-order valence-corrected chi connectivity index (χ2v) is 8.07. The molecular weight excluding hydrogens is 378 g/mol. The van der Waals surface area contributed by atoms with Crippen molar-refractivity contribution in [1.82, 2.24) is 9.78 Å². The first-order chi connectivity index (χ1) is 14.7. The molecule has 0 spiro atoms. The summed E-state index contributed by atoms with van der Waals surface area (Å²) >= 11 is 0. The number of para-hydroxylation sites is 1. The van der Waals surface area contributed by atoms with Crippen LogP contribution in [0.1, 0.15) is 39.3 Å². The van der Waals surface area contributed by atoms with Gasteiger partial charge < -0.3 is 14.1 Å². The van der Waals surface area contributed by atoms with E-state index < -0.39 is 0 Å². The summed E-state index contributed by atoms with van der Waals surface area (Å²) in [6.45, 7) is 4.74. The standard InChI is InChI=1S/C24H25N3O3/c1-16(2)26(15-28)18-10-11-20-19(14-18)24(25-27(20)23-9-5-6-12-29-23)22-13-17-7-3-4-8-21(17)30-22/h3-4,7-8,10-11,13-16,23H,5-6,9,12H2,1-2H3. The Bertz CT molecular complexity index is 1170. The van der Waals surface area contributed by atoms with Crippen LogP contribution in [0.3, 0.4) is 0 Å². The lowest BCUT2D eigenvalue weighted by Gasteiger charge is -2.24. The molecule has 1 aliphatic rings. The molecule has 6 heteroatoms. The van der Waals surface area contributed by atoms with E-state index in [0.717, 1.165) is 71.3 Å². The minimum atomic E-state index is -0.0856. The lowest BCUT2D eigenvalue weighted by molar-refractivity contribution is -0.107. The van der Waals surface area contributed by atoms with E-state index in [1.807, 2.05) is 67.1 Å². The Morgan fingerprint density at radius 3 is 2.77 bits per heavy atom. The summed E-state index contributed by atoms with van der Waals surface area (Å²) in [6.07, 6.45) is 3.93. The highest BCUT2D eigenvalue weighted by molar-refractivity contribution is 5.97. The summed E-state index contributed by atoms with van der Waals surface area (Å²) in [6, 6.07) is 16.1. The number of rotatable bonds is 5. The highest BCUT2D eigenvalue weighted by Gasteiger charge is 2.24. The molecule has 3 heterocycles. The van der Waals surface area contributed by atoms with Gasteiger partial charge in [-0.2, -0.15) is 5.10 Å². The average Bonchev–Trinajstić information content (AvgIpc) is 3.36. The van der Waals surface area contributed by atoms with E-state index in [1.165, 1.54) is 0 Å². The SMILES string of the molecule is CC(C)N(C=O)c1ccc2c(c1)c(-c1cc3ccccc3o1)nn2C1CCCCO1. The number of nitrogens with zero attached hydrogens (tertiary/aromatic N) is 3. The van der Waals surface area contributed by atoms with Gasteiger partial charge in [0.1, 0.15) is 11.3 Å². The fourth-order valence-electron chi connectivity index (χ4n) is 4.19. The van der Waals surface area contributed by atoms with Gasteiger partial charge in [-0.15, -0.1) is 0 Å². The van der Waals surface area contributed by atoms with Crippen LogP contribution in [0.2, 0.25) is 0 Å². The van der Waals surface area contributed by atoms with Gasteiger partial charge in [0.2, 0.25) is 6.41 Å². The molecule has 1 fully saturated rings. The number of hydrogen-bond acceptors (Lipinski definition) is 4. The lowest BCUT2D eigenvalue weighted by Crippen LogP contribution is -2.28. The van der Waals surface area contributed by atoms with Gasteiger partial charge in [0.15, 0.2) is 12.0 Å². The summed E-state index contributed by atoms with van der Waals surface area (Å²) in [4.78, 5) is 13.4. The molecule has 30 heavy (non-hydrogen) atoms. The molecule has 1 amide bonds. The molecule has 1 aliphatic heterocycles. The van der Waals surface area contributed by atoms with Gasteiger partial charge in [0.05, 0.1) is 5.52 Å². The molecule has 0 aliphatic carbocycles. The van der Waals surface area contributed by atoms with Crippen molar-refractivity contribution in [3.05, 3.63) is 48.5 Å². The van der Waals surface area contributed by atoms with Crippen LogP contribution in [0.5, 0.6) is 0 Å². The van der Waals surface area contributed by atoms with Crippen LogP contribution in [0, 0.1) is 0 Å². The summed E-state index contributed by atoms with van der Waals surface area (Å²) < 4.78 is 14.1. The van der Waals surface area contributed by atoms with Crippen LogP contribution in [0.25, 0.3) is 33.3 Å². The van der Waals surface area contributed by atoms with Crippen molar-refractivity contribution in [3.8, 4) is 11.5 Å². The zero-order valence-corrected chi connectivity index (χ0v) is 17.2. The number of fused-ring (bicyclic) bond motifs is 2. The van der Waals surface area contributed by atoms with Crippen LogP contribution in [0.15, 0.2) is 52.9 Å². The molecule has 5 rings (SSSR count). The fraction of sp³-hybridized carbons (Fsp3) is 0.333. The second kappa shape index (κ2) is 7.61. The third-order valence-corrected chi connectivity index (χ3v) is 5.75. The Morgan fingerprint density at radius 2 is 2.03 bits per heavy atom. The summed E-state index contributed by atoms with van der Waals surface area (Å²) in [5, 5.41) is 6.93. The normalized spacial score (nSPS) is 17.1. The molecule has 0 saturated carbocycles. The molecular formula is C24H25N3O3. The van der Waals surface area contributed by atoms with Gasteiger partial charge in [0, 0.05) is 29.1 Å². The number of furan rings is 1. The van der Waals surface area contributed by atoms with Crippen molar-refractivity contribution in [2.75, 3.05) is 11.5 Å². The van der Waals surface area contributed by atoms with Gasteiger partial charge in [0.25, 0.3) is 0 Å². The van der Waals surface area contributed by atoms with Crippen LogP contribution >= 0.6 is 0 Å². The molecule has 1 atom stereocenters. The number of ether oxygens (including phenoxy) is 1. The highest BCUT2D eigenvalue weighted by atomic mass is 16.5. The molecule has 1 saturated heterocycles. The largest absolute Gasteiger partial charge is 0.454 e. The molecule has 1 unspecified atom stereocenters. The maximum absolute atomic E-state index is 11.7. The Labute approximate surface area is 175 Å². The van der Waals surface area contributed by atoms with E-state index in [1.54, 1.807) is 4.90 Å². The Morgan fingerprint density at radius 1 is 1.17 bits per heavy atom. The molecule has 2 aromatic carbocycles. The van der Waals surface area contributed by atoms with Crippen LogP contribution in [-0.4, -0.2) is 28.8 Å². The molecule has 0 bridgehead atoms. The minimum absolute atomic E-state index is 0.0614. The summed E-state index contributed by atoms with van der Waals surface area (Å²) in [5.41, 5.74) is 3.42. The summed E-state index contributed by atoms with van der Waals surface area (Å²) in [5.74, 6) is 0.718. The van der Waals surface area contributed by atoms with Crippen molar-refractivity contribution < 1.29 is 13.9 Å². The smallest absolute Gasteiger partial charge is 0.214 e. The number of aromatic nitrogens is 2. The third-order valence-electron chi connectivity index (χ3n) is 5.75. The quantitative estimate of drug-likeness (QED) is 0.412. The lowest BCUT2D eigenvalue weighted by atomic mass is 10.1. The average molecular weight is 403 g/mol. The zero-order valence-electron chi connectivity index (χ0n) is 17.2. The molecule has 2 aromatic heterocycles. The van der Waals surface area contributed by atoms with E-state index in [4.69, 9.17) is 14.3 Å². The van der Waals surface area contributed by atoms with Gasteiger partial charge >= 0.3 is 0 Å². The summed E-state index contributed by atoms with van der Waals surface area (Å²) in [7, 11) is 0. The van der Waals surface area contributed by atoms with Gasteiger partial charge in [-0.1, -0.05) is 18.2 Å². The van der Waals surface area contributed by atoms with E-state index in [2.05, 4.69) is 0 Å². The number of anilines is 1. The molecule has 0 radical (unpaired) electrons. The van der Waals surface area contributed by atoms with Gasteiger partial charge in [-0.25, -0.2) is 4.68 Å². The topological polar surface area (TPSA) is 60.5 Å². The highest BCUT2D eigenvalue weighted by Crippen LogP contribution is 2.37. The van der Waals surface area contributed by atoms with Crippen molar-refractivity contribution in [3.63, 3.8) is 0 Å². The van der Waals surface area contributed by atoms with Crippen LogP contribution < -0.4 is 4.90 Å². The first kappa shape index (κ1) is 18.9. The molecule has 154 valence electrons. The van der Waals surface area contributed by atoms with E-state index in [0.29, 0.717) is 0 Å². The monoisotopic (exact) mass is 403 g/mol. The number of amides is 1. The maximum Gasteiger partial charge on any atom is 0.214 e. The van der Waals surface area contributed by atoms with E-state index >= 15 is 0 Å². The Balaban J connectivity index is 1.71. The predicted octanol–water partition coefficient (Wildman–Crippen LogP) is 5.52. The molecule has 0 N–H and O–H groups in total. The fourth-order valence-corrected chi connectivity index (χ4v) is 4.19. The van der Waals surface area contributed by atoms with E-state index in [-0.39, 0.29) is 12.3 Å². The zero-order chi connectivity index (χ0) is 20.7. The van der Waals surface area contributed by atoms with Crippen molar-refractivity contribution in [1.29, 1.82) is 0 Å². The Kier molecular flexibility index (Phi) is 4.79. The number of carbonyl (C=O) groups excluding carboxylic acids is 1. The van der Waals surface area contributed by atoms with Gasteiger partial charge in [-0.05, 0) is 63.4 Å². The third kappa shape index (κ3) is 3.17. The first-order valence-corrected chi connectivity index (χ1v) is 10.5. The first-order valence-electron chi connectivity index (χ1n) is 10.5. The van der Waals surface area contributed by atoms with Crippen molar-refractivity contribution >= 4 is 34.0 Å². The second-order valence-electron chi connectivity index (χ2n) is 8.07. The van der Waals surface area contributed by atoms with Gasteiger partial charge in [-0.3, -0.25) is 4.79 Å². The minimum Gasteiger partial charge on any atom is -0.454 e. The maximum atomic E-state index is 11.7. The predicted molar refractivity (Wildman–Crippen MR) is 117 cm³/mol. The van der Waals surface area contributed by atoms with Crippen molar-refractivity contribution in [2.45, 2.75) is 45.4 Å². The Hall–Kier alpha value is -3.12. The molecule has 6 nitrogen and oxygen atoms in total.